The van der Waals surface area contributed by atoms with E-state index in [0.717, 1.165) is 0 Å². The maximum absolute atomic E-state index is 13.7. The molecule has 1 fully saturated rings. The van der Waals surface area contributed by atoms with E-state index in [2.05, 4.69) is 20.7 Å². The highest BCUT2D eigenvalue weighted by Gasteiger charge is 2.47. The van der Waals surface area contributed by atoms with Gasteiger partial charge in [-0.05, 0) is 30.4 Å². The molecule has 4 nitrogen and oxygen atoms in total. The van der Waals surface area contributed by atoms with E-state index in [1.54, 1.807) is 6.07 Å². The summed E-state index contributed by atoms with van der Waals surface area (Å²) in [5.74, 6) is -1.41. The first-order chi connectivity index (χ1) is 9.75. The summed E-state index contributed by atoms with van der Waals surface area (Å²) < 4.78 is 43.3. The Morgan fingerprint density at radius 1 is 1.43 bits per heavy atom. The van der Waals surface area contributed by atoms with Crippen molar-refractivity contribution in [3.63, 3.8) is 0 Å². The van der Waals surface area contributed by atoms with Crippen LogP contribution >= 0.6 is 15.9 Å². The maximum Gasteiger partial charge on any atom is 0.306 e. The van der Waals surface area contributed by atoms with Crippen LogP contribution in [0.3, 0.4) is 0 Å². The minimum absolute atomic E-state index is 0.103. The number of hydrogen-bond acceptors (Lipinski definition) is 4. The highest BCUT2D eigenvalue weighted by molar-refractivity contribution is 9.10. The summed E-state index contributed by atoms with van der Waals surface area (Å²) in [4.78, 5) is 11.3. The number of benzene rings is 1. The van der Waals surface area contributed by atoms with Gasteiger partial charge >= 0.3 is 5.97 Å². The molecule has 0 bridgehead atoms. The van der Waals surface area contributed by atoms with Crippen LogP contribution < -0.4 is 0 Å². The zero-order valence-electron chi connectivity index (χ0n) is 11.6. The first kappa shape index (κ1) is 16.4. The van der Waals surface area contributed by atoms with Gasteiger partial charge in [0, 0.05) is 10.0 Å². The van der Waals surface area contributed by atoms with Crippen molar-refractivity contribution in [2.45, 2.75) is 25.0 Å². The largest absolute Gasteiger partial charge is 0.469 e. The molecule has 0 spiro atoms. The zero-order valence-corrected chi connectivity index (χ0v) is 14.0. The smallest absolute Gasteiger partial charge is 0.306 e. The van der Waals surface area contributed by atoms with E-state index in [-0.39, 0.29) is 23.5 Å². The van der Waals surface area contributed by atoms with Crippen molar-refractivity contribution < 1.29 is 22.3 Å². The highest BCUT2D eigenvalue weighted by Crippen LogP contribution is 2.50. The third-order valence-electron chi connectivity index (χ3n) is 3.62. The number of rotatable bonds is 6. The fourth-order valence-corrected chi connectivity index (χ4v) is 4.79. The summed E-state index contributed by atoms with van der Waals surface area (Å²) in [6.45, 7) is 0. The number of carbonyl (C=O) groups excluding carboxylic acids is 1. The van der Waals surface area contributed by atoms with Gasteiger partial charge in [-0.2, -0.15) is 0 Å². The van der Waals surface area contributed by atoms with Crippen LogP contribution in [0.25, 0.3) is 0 Å². The van der Waals surface area contributed by atoms with Crippen LogP contribution in [-0.4, -0.2) is 27.2 Å². The number of sulfone groups is 1. The SMILES string of the molecule is COC(=O)CC1(CS(=O)(=O)Cc2ccc(Br)cc2F)CC1. The predicted octanol–water partition coefficient (Wildman–Crippen LogP) is 2.85. The van der Waals surface area contributed by atoms with E-state index in [1.807, 2.05) is 0 Å². The molecule has 0 heterocycles. The molecule has 1 aromatic rings. The second-order valence-corrected chi connectivity index (χ2v) is 8.50. The van der Waals surface area contributed by atoms with Crippen LogP contribution in [0, 0.1) is 11.2 Å². The molecule has 1 aliphatic rings. The minimum atomic E-state index is -3.48. The van der Waals surface area contributed by atoms with Crippen molar-refractivity contribution in [1.29, 1.82) is 0 Å². The van der Waals surface area contributed by atoms with Gasteiger partial charge in [0.05, 0.1) is 25.0 Å². The van der Waals surface area contributed by atoms with Gasteiger partial charge in [0.1, 0.15) is 5.82 Å². The van der Waals surface area contributed by atoms with Crippen molar-refractivity contribution in [3.05, 3.63) is 34.1 Å². The molecule has 2 rings (SSSR count). The third kappa shape index (κ3) is 4.51. The molecular formula is C14H16BrFO4S. The summed E-state index contributed by atoms with van der Waals surface area (Å²) in [5.41, 5.74) is -0.371. The van der Waals surface area contributed by atoms with Gasteiger partial charge in [-0.3, -0.25) is 4.79 Å². The van der Waals surface area contributed by atoms with Gasteiger partial charge in [-0.25, -0.2) is 12.8 Å². The van der Waals surface area contributed by atoms with Gasteiger partial charge in [-0.15, -0.1) is 0 Å². The number of ether oxygens (including phenoxy) is 1. The average molecular weight is 379 g/mol. The molecule has 1 aromatic carbocycles. The van der Waals surface area contributed by atoms with Crippen LogP contribution in [0.5, 0.6) is 0 Å². The fourth-order valence-electron chi connectivity index (χ4n) is 2.32. The molecule has 7 heteroatoms. The third-order valence-corrected chi connectivity index (χ3v) is 5.92. The van der Waals surface area contributed by atoms with Crippen molar-refractivity contribution in [2.75, 3.05) is 12.9 Å². The molecule has 0 saturated heterocycles. The standard InChI is InChI=1S/C14H16BrFO4S/c1-20-13(17)7-14(4-5-14)9-21(18,19)8-10-2-3-11(15)6-12(10)16/h2-3,6H,4-5,7-9H2,1H3. The topological polar surface area (TPSA) is 60.4 Å². The summed E-state index contributed by atoms with van der Waals surface area (Å²) in [6.07, 6.45) is 1.47. The van der Waals surface area contributed by atoms with Gasteiger partial charge < -0.3 is 4.74 Å². The first-order valence-corrected chi connectivity index (χ1v) is 9.08. The number of methoxy groups -OCH3 is 1. The molecule has 1 aliphatic carbocycles. The number of hydrogen-bond donors (Lipinski definition) is 0. The summed E-state index contributed by atoms with van der Waals surface area (Å²) >= 11 is 3.13. The normalized spacial score (nSPS) is 16.5. The first-order valence-electron chi connectivity index (χ1n) is 6.46. The summed E-state index contributed by atoms with van der Waals surface area (Å²) in [5, 5.41) is 0. The monoisotopic (exact) mass is 378 g/mol. The lowest BCUT2D eigenvalue weighted by atomic mass is 10.1. The minimum Gasteiger partial charge on any atom is -0.469 e. The van der Waals surface area contributed by atoms with Gasteiger partial charge in [0.15, 0.2) is 9.84 Å². The number of carbonyl (C=O) groups is 1. The van der Waals surface area contributed by atoms with E-state index in [1.165, 1.54) is 19.2 Å². The van der Waals surface area contributed by atoms with Crippen molar-refractivity contribution in [2.24, 2.45) is 5.41 Å². The lowest BCUT2D eigenvalue weighted by Crippen LogP contribution is -2.22. The molecule has 116 valence electrons. The Labute approximate surface area is 131 Å². The van der Waals surface area contributed by atoms with Gasteiger partial charge in [0.2, 0.25) is 0 Å². The Bertz CT molecular complexity index is 653. The number of esters is 1. The molecule has 0 amide bonds. The van der Waals surface area contributed by atoms with E-state index in [4.69, 9.17) is 0 Å². The van der Waals surface area contributed by atoms with E-state index in [0.29, 0.717) is 17.3 Å². The molecule has 0 N–H and O–H groups in total. The molecule has 21 heavy (non-hydrogen) atoms. The van der Waals surface area contributed by atoms with Crippen molar-refractivity contribution in [3.8, 4) is 0 Å². The van der Waals surface area contributed by atoms with Crippen LogP contribution in [-0.2, 0) is 25.1 Å². The Balaban J connectivity index is 2.07. The quantitative estimate of drug-likeness (QED) is 0.714. The fraction of sp³-hybridized carbons (Fsp3) is 0.500. The van der Waals surface area contributed by atoms with Crippen LogP contribution in [0.4, 0.5) is 4.39 Å². The second kappa shape index (κ2) is 6.04. The molecular weight excluding hydrogens is 363 g/mol. The zero-order chi connectivity index (χ0) is 15.7. The molecule has 1 saturated carbocycles. The van der Waals surface area contributed by atoms with Gasteiger partial charge in [-0.1, -0.05) is 22.0 Å². The predicted molar refractivity (Wildman–Crippen MR) is 79.9 cm³/mol. The van der Waals surface area contributed by atoms with E-state index in [9.17, 15) is 17.6 Å². The van der Waals surface area contributed by atoms with Crippen LogP contribution in [0.1, 0.15) is 24.8 Å². The molecule has 0 atom stereocenters. The van der Waals surface area contributed by atoms with E-state index >= 15 is 0 Å². The summed E-state index contributed by atoms with van der Waals surface area (Å²) in [7, 11) is -2.20. The lowest BCUT2D eigenvalue weighted by molar-refractivity contribution is -0.141. The Kier molecular flexibility index (Phi) is 4.72. The number of halogens is 2. The summed E-state index contributed by atoms with van der Waals surface area (Å²) in [6, 6.07) is 4.30. The molecule has 0 aromatic heterocycles. The molecule has 0 radical (unpaired) electrons. The average Bonchev–Trinajstić information content (AvgIpc) is 3.11. The molecule has 0 aliphatic heterocycles. The molecule has 0 unspecified atom stereocenters. The second-order valence-electron chi connectivity index (χ2n) is 5.52. The van der Waals surface area contributed by atoms with Crippen molar-refractivity contribution in [1.82, 2.24) is 0 Å². The Morgan fingerprint density at radius 3 is 2.62 bits per heavy atom. The van der Waals surface area contributed by atoms with Crippen LogP contribution in [0.2, 0.25) is 0 Å². The Hall–Kier alpha value is -0.950. The highest BCUT2D eigenvalue weighted by atomic mass is 79.9. The van der Waals surface area contributed by atoms with Crippen LogP contribution in [0.15, 0.2) is 22.7 Å². The van der Waals surface area contributed by atoms with Crippen molar-refractivity contribution >= 4 is 31.7 Å². The van der Waals surface area contributed by atoms with Gasteiger partial charge in [0.25, 0.3) is 0 Å². The maximum atomic E-state index is 13.7. The lowest BCUT2D eigenvalue weighted by Gasteiger charge is -2.14. The van der Waals surface area contributed by atoms with E-state index < -0.39 is 27.0 Å². The Morgan fingerprint density at radius 2 is 2.10 bits per heavy atom.